The minimum atomic E-state index is -0.824. The summed E-state index contributed by atoms with van der Waals surface area (Å²) >= 11 is 0. The van der Waals surface area contributed by atoms with E-state index in [1.165, 1.54) is 24.0 Å². The van der Waals surface area contributed by atoms with Gasteiger partial charge in [0.1, 0.15) is 0 Å². The molecule has 0 spiro atoms. The lowest BCUT2D eigenvalue weighted by Gasteiger charge is -2.22. The molecule has 5 heteroatoms. The van der Waals surface area contributed by atoms with Gasteiger partial charge in [-0.05, 0) is 56.2 Å². The maximum atomic E-state index is 11.7. The third-order valence-electron chi connectivity index (χ3n) is 4.01. The van der Waals surface area contributed by atoms with Gasteiger partial charge in [0.25, 0.3) is 0 Å². The lowest BCUT2D eigenvalue weighted by Crippen LogP contribution is -2.47. The number of rotatable bonds is 4. The summed E-state index contributed by atoms with van der Waals surface area (Å²) in [6, 6.07) is 5.26. The zero-order valence-electron chi connectivity index (χ0n) is 12.6. The van der Waals surface area contributed by atoms with Gasteiger partial charge in [0.2, 0.25) is 5.91 Å². The third-order valence-corrected chi connectivity index (χ3v) is 4.01. The second-order valence-corrected chi connectivity index (χ2v) is 5.70. The smallest absolute Gasteiger partial charge is 0.318 e. The van der Waals surface area contributed by atoms with Gasteiger partial charge in [-0.15, -0.1) is 0 Å². The lowest BCUT2D eigenvalue weighted by atomic mass is 9.89. The maximum absolute atomic E-state index is 11.7. The van der Waals surface area contributed by atoms with Crippen molar-refractivity contribution in [2.75, 3.05) is 0 Å². The summed E-state index contributed by atoms with van der Waals surface area (Å²) in [5, 5.41) is 5.27. The van der Waals surface area contributed by atoms with Crippen molar-refractivity contribution in [3.05, 3.63) is 34.9 Å². The average molecular weight is 289 g/mol. The van der Waals surface area contributed by atoms with E-state index in [-0.39, 0.29) is 6.04 Å². The van der Waals surface area contributed by atoms with Gasteiger partial charge in [-0.25, -0.2) is 4.79 Å². The standard InChI is InChI=1S/C16H23N3O2/c1-10(18-11(2)15(20)19-16(17)21)13-8-7-12-5-3-4-6-14(12)9-13/h7-11,18H,3-6H2,1-2H3,(H3,17,19,20,21)/t10-,11+/m1/s1. The molecule has 0 unspecified atom stereocenters. The summed E-state index contributed by atoms with van der Waals surface area (Å²) < 4.78 is 0. The predicted molar refractivity (Wildman–Crippen MR) is 81.8 cm³/mol. The number of nitrogens with one attached hydrogen (secondary N) is 2. The van der Waals surface area contributed by atoms with Gasteiger partial charge in [0.05, 0.1) is 6.04 Å². The number of urea groups is 1. The van der Waals surface area contributed by atoms with E-state index in [1.807, 2.05) is 6.92 Å². The molecule has 0 saturated heterocycles. The fourth-order valence-corrected chi connectivity index (χ4v) is 2.80. The summed E-state index contributed by atoms with van der Waals surface area (Å²) in [6.45, 7) is 3.73. The topological polar surface area (TPSA) is 84.2 Å². The summed E-state index contributed by atoms with van der Waals surface area (Å²) in [5.41, 5.74) is 8.97. The highest BCUT2D eigenvalue weighted by molar-refractivity contribution is 5.96. The Morgan fingerprint density at radius 2 is 1.81 bits per heavy atom. The molecule has 0 heterocycles. The first-order valence-corrected chi connectivity index (χ1v) is 7.45. The van der Waals surface area contributed by atoms with Crippen LogP contribution < -0.4 is 16.4 Å². The van der Waals surface area contributed by atoms with Crippen molar-refractivity contribution in [1.82, 2.24) is 10.6 Å². The number of nitrogens with two attached hydrogens (primary N) is 1. The molecule has 0 saturated carbocycles. The fraction of sp³-hybridized carbons (Fsp3) is 0.500. The average Bonchev–Trinajstić information content (AvgIpc) is 2.45. The molecule has 0 aromatic heterocycles. The molecule has 3 amide bonds. The third kappa shape index (κ3) is 4.04. The van der Waals surface area contributed by atoms with Crippen molar-refractivity contribution < 1.29 is 9.59 Å². The molecule has 21 heavy (non-hydrogen) atoms. The van der Waals surface area contributed by atoms with E-state index < -0.39 is 18.0 Å². The maximum Gasteiger partial charge on any atom is 0.318 e. The molecular formula is C16H23N3O2. The van der Waals surface area contributed by atoms with Gasteiger partial charge in [-0.1, -0.05) is 18.2 Å². The molecule has 5 nitrogen and oxygen atoms in total. The van der Waals surface area contributed by atoms with Crippen LogP contribution in [0.25, 0.3) is 0 Å². The highest BCUT2D eigenvalue weighted by Gasteiger charge is 2.18. The largest absolute Gasteiger partial charge is 0.351 e. The van der Waals surface area contributed by atoms with Crippen LogP contribution in [0.5, 0.6) is 0 Å². The molecule has 1 aromatic carbocycles. The van der Waals surface area contributed by atoms with E-state index in [1.54, 1.807) is 6.92 Å². The van der Waals surface area contributed by atoms with Gasteiger partial charge in [0, 0.05) is 6.04 Å². The van der Waals surface area contributed by atoms with Crippen LogP contribution >= 0.6 is 0 Å². The first-order chi connectivity index (χ1) is 9.97. The van der Waals surface area contributed by atoms with E-state index in [2.05, 4.69) is 28.8 Å². The first kappa shape index (κ1) is 15.5. The Bertz CT molecular complexity index is 542. The number of hydrogen-bond acceptors (Lipinski definition) is 3. The highest BCUT2D eigenvalue weighted by atomic mass is 16.2. The minimum Gasteiger partial charge on any atom is -0.351 e. The number of imide groups is 1. The van der Waals surface area contributed by atoms with Crippen molar-refractivity contribution in [3.8, 4) is 0 Å². The molecule has 0 bridgehead atoms. The van der Waals surface area contributed by atoms with Crippen LogP contribution in [0.1, 0.15) is 49.4 Å². The Balaban J connectivity index is 2.01. The number of hydrogen-bond donors (Lipinski definition) is 3. The molecule has 0 radical (unpaired) electrons. The van der Waals surface area contributed by atoms with Crippen molar-refractivity contribution in [1.29, 1.82) is 0 Å². The molecule has 2 rings (SSSR count). The van der Waals surface area contributed by atoms with E-state index in [4.69, 9.17) is 5.73 Å². The molecule has 0 aliphatic heterocycles. The monoisotopic (exact) mass is 289 g/mol. The summed E-state index contributed by atoms with van der Waals surface area (Å²) in [6.07, 6.45) is 4.81. The Kier molecular flexibility index (Phi) is 4.96. The fourth-order valence-electron chi connectivity index (χ4n) is 2.80. The quantitative estimate of drug-likeness (QED) is 0.790. The molecule has 0 fully saturated rings. The van der Waals surface area contributed by atoms with Crippen molar-refractivity contribution in [2.45, 2.75) is 51.6 Å². The Morgan fingerprint density at radius 1 is 1.14 bits per heavy atom. The van der Waals surface area contributed by atoms with E-state index >= 15 is 0 Å². The van der Waals surface area contributed by atoms with Gasteiger partial charge >= 0.3 is 6.03 Å². The first-order valence-electron chi connectivity index (χ1n) is 7.45. The van der Waals surface area contributed by atoms with E-state index in [0.717, 1.165) is 18.4 Å². The van der Waals surface area contributed by atoms with Crippen LogP contribution in [-0.2, 0) is 17.6 Å². The number of primary amides is 1. The molecule has 2 atom stereocenters. The highest BCUT2D eigenvalue weighted by Crippen LogP contribution is 2.24. The number of benzene rings is 1. The number of aryl methyl sites for hydroxylation is 2. The van der Waals surface area contributed by atoms with Crippen LogP contribution in [0.2, 0.25) is 0 Å². The number of carbonyl (C=O) groups excluding carboxylic acids is 2. The second-order valence-electron chi connectivity index (χ2n) is 5.70. The summed E-state index contributed by atoms with van der Waals surface area (Å²) in [4.78, 5) is 22.4. The second kappa shape index (κ2) is 6.72. The molecule has 1 aliphatic rings. The van der Waals surface area contributed by atoms with Crippen molar-refractivity contribution in [2.24, 2.45) is 5.73 Å². The molecule has 114 valence electrons. The molecule has 1 aromatic rings. The van der Waals surface area contributed by atoms with Crippen LogP contribution in [0, 0.1) is 0 Å². The molecule has 1 aliphatic carbocycles. The van der Waals surface area contributed by atoms with Crippen LogP contribution in [-0.4, -0.2) is 18.0 Å². The zero-order chi connectivity index (χ0) is 15.4. The Morgan fingerprint density at radius 3 is 2.48 bits per heavy atom. The van der Waals surface area contributed by atoms with Gasteiger partial charge in [0.15, 0.2) is 0 Å². The number of amides is 3. The zero-order valence-corrected chi connectivity index (χ0v) is 12.6. The summed E-state index contributed by atoms with van der Waals surface area (Å²) in [5.74, 6) is -0.410. The normalized spacial score (nSPS) is 16.7. The SMILES string of the molecule is C[C@H](N[C@H](C)c1ccc2c(c1)CCCC2)C(=O)NC(N)=O. The lowest BCUT2D eigenvalue weighted by molar-refractivity contribution is -0.121. The van der Waals surface area contributed by atoms with Crippen LogP contribution in [0.4, 0.5) is 4.79 Å². The van der Waals surface area contributed by atoms with Gasteiger partial charge in [-0.3, -0.25) is 15.4 Å². The molecular weight excluding hydrogens is 266 g/mol. The van der Waals surface area contributed by atoms with Crippen molar-refractivity contribution >= 4 is 11.9 Å². The molecule has 4 N–H and O–H groups in total. The van der Waals surface area contributed by atoms with E-state index in [9.17, 15) is 9.59 Å². The Labute approximate surface area is 125 Å². The Hall–Kier alpha value is -1.88. The van der Waals surface area contributed by atoms with Crippen molar-refractivity contribution in [3.63, 3.8) is 0 Å². The van der Waals surface area contributed by atoms with Gasteiger partial charge in [-0.2, -0.15) is 0 Å². The van der Waals surface area contributed by atoms with Crippen LogP contribution in [0.15, 0.2) is 18.2 Å². The number of carbonyl (C=O) groups is 2. The number of fused-ring (bicyclic) bond motifs is 1. The predicted octanol–water partition coefficient (Wildman–Crippen LogP) is 1.80. The summed E-state index contributed by atoms with van der Waals surface area (Å²) in [7, 11) is 0. The minimum absolute atomic E-state index is 0.0332. The van der Waals surface area contributed by atoms with E-state index in [0.29, 0.717) is 0 Å². The van der Waals surface area contributed by atoms with Crippen LogP contribution in [0.3, 0.4) is 0 Å². The van der Waals surface area contributed by atoms with Gasteiger partial charge < -0.3 is 5.73 Å².